The molecule has 0 radical (unpaired) electrons. The number of aromatic nitrogens is 5. The first-order valence-electron chi connectivity index (χ1n) is 52.5. The van der Waals surface area contributed by atoms with E-state index in [9.17, 15) is 0 Å². The Kier molecular flexibility index (Phi) is 18.4. The van der Waals surface area contributed by atoms with Crippen molar-refractivity contribution >= 4 is 173 Å². The molecule has 5 aliphatic rings. The fourth-order valence-electron chi connectivity index (χ4n) is 19.7. The summed E-state index contributed by atoms with van der Waals surface area (Å²) in [7, 11) is 0. The molecular weight excluding hydrogens is 1640 g/mol. The maximum absolute atomic E-state index is 8.71. The number of nitrogens with zero attached hydrogens (tertiary/aromatic N) is 15. The van der Waals surface area contributed by atoms with Gasteiger partial charge in [-0.2, -0.15) is 0 Å². The molecule has 20 nitrogen and oxygen atoms in total. The highest BCUT2D eigenvalue weighted by atomic mass is 16.4. The minimum absolute atomic E-state index is 0.000655. The molecule has 5 atom stereocenters. The summed E-state index contributed by atoms with van der Waals surface area (Å²) in [6.07, 6.45) is 11.8. The zero-order valence-corrected chi connectivity index (χ0v) is 78.4. The van der Waals surface area contributed by atoms with Crippen LogP contribution in [0.2, 0.25) is 0 Å². The van der Waals surface area contributed by atoms with Crippen molar-refractivity contribution in [1.29, 1.82) is 0 Å². The zero-order valence-electron chi connectivity index (χ0n) is 93.4. The Morgan fingerprint density at radius 3 is 1.13 bits per heavy atom. The smallest absolute Gasteiger partial charge is 0.227 e. The molecule has 10 aromatic heterocycles. The number of rotatable bonds is 11. The lowest BCUT2D eigenvalue weighted by atomic mass is 9.96. The van der Waals surface area contributed by atoms with Crippen LogP contribution in [0.3, 0.4) is 0 Å². The molecule has 15 heterocycles. The third-order valence-corrected chi connectivity index (χ3v) is 26.1. The lowest BCUT2D eigenvalue weighted by molar-refractivity contribution is 0.221. The van der Waals surface area contributed by atoms with Crippen molar-refractivity contribution < 1.29 is 42.6 Å². The van der Waals surface area contributed by atoms with E-state index in [1.165, 1.54) is 11.8 Å². The molecule has 23 rings (SSSR count). The van der Waals surface area contributed by atoms with E-state index in [1.807, 2.05) is 249 Å². The van der Waals surface area contributed by atoms with Gasteiger partial charge in [-0.1, -0.05) is 145 Å². The van der Waals surface area contributed by atoms with Gasteiger partial charge in [0.2, 0.25) is 28.6 Å². The molecule has 674 valence electrons. The van der Waals surface area contributed by atoms with Crippen molar-refractivity contribution in [3.63, 3.8) is 0 Å². The number of para-hydroxylation sites is 6. The fourth-order valence-corrected chi connectivity index (χ4v) is 19.7. The van der Waals surface area contributed by atoms with E-state index in [0.29, 0.717) is 51.2 Å². The molecule has 20 heteroatoms. The van der Waals surface area contributed by atoms with Gasteiger partial charge in [-0.25, -0.2) is 24.9 Å². The van der Waals surface area contributed by atoms with Crippen LogP contribution in [-0.4, -0.2) is 97.6 Å². The van der Waals surface area contributed by atoms with Gasteiger partial charge >= 0.3 is 0 Å². The second kappa shape index (κ2) is 34.4. The Hall–Kier alpha value is -14.0. The van der Waals surface area contributed by atoms with Crippen LogP contribution in [0.15, 0.2) is 260 Å². The Morgan fingerprint density at radius 1 is 0.364 bits per heavy atom. The van der Waals surface area contributed by atoms with Crippen molar-refractivity contribution in [2.24, 2.45) is 5.41 Å². The van der Waals surface area contributed by atoms with Gasteiger partial charge in [-0.3, -0.25) is 0 Å². The summed E-state index contributed by atoms with van der Waals surface area (Å²) in [5, 5.41) is 9.73. The first kappa shape index (κ1) is 70.8. The van der Waals surface area contributed by atoms with Crippen LogP contribution >= 0.6 is 0 Å². The highest BCUT2D eigenvalue weighted by Crippen LogP contribution is 2.54. The van der Waals surface area contributed by atoms with Crippen LogP contribution in [-0.2, 0) is 0 Å². The van der Waals surface area contributed by atoms with E-state index >= 15 is 0 Å². The minimum Gasteiger partial charge on any atom is -0.435 e. The number of aryl methyl sites for hydroxylation is 5. The van der Waals surface area contributed by atoms with E-state index < -0.39 is 62.6 Å². The molecule has 5 aliphatic heterocycles. The summed E-state index contributed by atoms with van der Waals surface area (Å²) in [5.74, 6) is -1.64. The fraction of sp³-hybridized carbons (Fsp3) is 0.312. The van der Waals surface area contributed by atoms with Crippen molar-refractivity contribution in [3.8, 4) is 0 Å². The molecule has 0 aliphatic carbocycles. The number of fused-ring (bicyclic) bond motifs is 18. The number of hydrogen-bond acceptors (Lipinski definition) is 20. The van der Waals surface area contributed by atoms with Crippen LogP contribution < -0.4 is 39.2 Å². The van der Waals surface area contributed by atoms with E-state index in [1.54, 1.807) is 50.5 Å². The second-order valence-electron chi connectivity index (χ2n) is 36.0. The maximum atomic E-state index is 8.71. The van der Waals surface area contributed by atoms with Crippen molar-refractivity contribution in [3.05, 3.63) is 277 Å². The molecule has 18 aromatic rings. The summed E-state index contributed by atoms with van der Waals surface area (Å²) < 4.78 is 153. The van der Waals surface area contributed by atoms with Crippen LogP contribution in [0.25, 0.3) is 110 Å². The Morgan fingerprint density at radius 2 is 0.720 bits per heavy atom. The third-order valence-electron chi connectivity index (χ3n) is 26.1. The largest absolute Gasteiger partial charge is 0.435 e. The molecule has 0 bridgehead atoms. The molecule has 0 fully saturated rings. The van der Waals surface area contributed by atoms with Gasteiger partial charge < -0.3 is 71.1 Å². The third kappa shape index (κ3) is 15.0. The number of hydrogen-bond donors (Lipinski definition) is 0. The average molecular weight is 1770 g/mol. The molecule has 0 N–H and O–H groups in total. The molecular formula is C112H121N15O5. The van der Waals surface area contributed by atoms with Crippen LogP contribution in [0.1, 0.15) is 189 Å². The average Bonchev–Trinajstić information content (AvgIpc) is 1.58. The molecule has 0 saturated heterocycles. The SMILES string of the molecule is [2H]C(C)(C)N1c2ccccc2N(c2c(C)ccc3c2oc2ncccc23)[C@H]1C.[2H]C(C)(C)c1ccc2c(n1)oc1c(N3C=CN(C([2H])(C)C)[C@@H]3C)c(C)ccc12.[2H]C(C)(C)c1ccc2c(n1)oc1c(N3C=CN(CC(C)(C([2H])([2H])[2H])C([2H])([2H])[2H])[C@@H]3C)c(C)ccc12.[2H]C([2H])(C)N1c2ccccc2N(c2c(C)ccc3c2oc2ncccc23)[C@H]1C.[2H]C([2H])([2H])N1c2ccccc2N(c2c(C)ccc3c2oc2ncccc23)[C@H]1C. The summed E-state index contributed by atoms with van der Waals surface area (Å²) >= 11 is 0. The van der Waals surface area contributed by atoms with Gasteiger partial charge in [0.1, 0.15) is 30.8 Å². The molecule has 0 amide bonds. The normalized spacial score (nSPS) is 19.5. The first-order valence-corrected chi connectivity index (χ1v) is 45.0. The van der Waals surface area contributed by atoms with Gasteiger partial charge in [0.25, 0.3) is 0 Å². The van der Waals surface area contributed by atoms with E-state index in [2.05, 4.69) is 139 Å². The monoisotopic (exact) mass is 1770 g/mol. The molecule has 0 spiro atoms. The van der Waals surface area contributed by atoms with Crippen molar-refractivity contribution in [2.75, 3.05) is 59.2 Å². The maximum Gasteiger partial charge on any atom is 0.227 e. The summed E-state index contributed by atoms with van der Waals surface area (Å²) in [4.78, 5) is 42.2. The number of anilines is 11. The number of benzene rings is 8. The van der Waals surface area contributed by atoms with E-state index in [0.717, 1.165) is 161 Å². The first-order chi connectivity index (χ1) is 69.1. The topological polar surface area (TPSA) is 163 Å². The van der Waals surface area contributed by atoms with Crippen LogP contribution in [0, 0.1) is 40.0 Å². The number of pyridine rings is 5. The Bertz CT molecular complexity index is 7770. The lowest BCUT2D eigenvalue weighted by Crippen LogP contribution is -2.42. The highest BCUT2D eigenvalue weighted by Gasteiger charge is 2.41. The van der Waals surface area contributed by atoms with Gasteiger partial charge in [-0.15, -0.1) is 0 Å². The predicted molar refractivity (Wildman–Crippen MR) is 548 cm³/mol. The molecule has 0 saturated carbocycles. The standard InChI is InChI=1S/C24H31N3O.C23H23N3O.C22H21N3O.C22H27N3O.C21H19N3O/c1-15(2)20-11-10-19-18-9-8-16(3)21(22(18)28-23(19)25-20)27-13-12-26(17(27)4)14-24(5,6)7;1-14(2)25-16(4)26(20-10-6-5-9-19(20)25)21-15(3)11-12-17-18-8-7-13-24-23(18)27-22(17)21;1-4-24-15(3)25(19-10-6-5-9-18(19)24)20-14(2)11-12-16-17-8-7-13-23-22(17)26-21(16)20;1-13(2)19-10-9-18-17-8-7-15(5)20(21(17)26-22(18)23-19)25-12-11-24(14(3)4)16(25)6;1-13-10-11-15-16-7-6-12-22-21(16)25-20(15)19(13)24-14(2)23(3)17-8-4-5-9-18(17)24/h8-13,15,17H,14H2,1-7H3;5-14,16H,1-4H3;5-13,15H,4H2,1-3H3;7-14,16H,1-6H3;4-12,14H,1-3H3/t17-;16-;15-;16-;14-/m00000/s1/i5D3,6D3,15D;14D;4D2;13D,14D;3D3. The highest BCUT2D eigenvalue weighted by molar-refractivity contribution is 6.14. The lowest BCUT2D eigenvalue weighted by Gasteiger charge is -2.34. The Labute approximate surface area is 794 Å². The molecule has 132 heavy (non-hydrogen) atoms. The predicted octanol–water partition coefficient (Wildman–Crippen LogP) is 29.0. The van der Waals surface area contributed by atoms with Crippen LogP contribution in [0.4, 0.5) is 62.6 Å². The quantitative estimate of drug-likeness (QED) is 0.120. The Balaban J connectivity index is 0.000000116. The van der Waals surface area contributed by atoms with Gasteiger partial charge in [0, 0.05) is 159 Å². The van der Waals surface area contributed by atoms with Gasteiger partial charge in [0.15, 0.2) is 27.9 Å². The van der Waals surface area contributed by atoms with E-state index in [4.69, 9.17) is 42.6 Å². The molecule has 0 unspecified atom stereocenters. The summed E-state index contributed by atoms with van der Waals surface area (Å²) in [6, 6.07) is 62.5. The van der Waals surface area contributed by atoms with Crippen LogP contribution in [0.5, 0.6) is 0 Å². The van der Waals surface area contributed by atoms with Gasteiger partial charge in [0.05, 0.1) is 65.3 Å². The van der Waals surface area contributed by atoms with E-state index in [-0.39, 0.29) is 31.2 Å². The van der Waals surface area contributed by atoms with Crippen molar-refractivity contribution in [1.82, 2.24) is 34.7 Å². The molecule has 8 aromatic carbocycles. The van der Waals surface area contributed by atoms with Crippen molar-refractivity contribution in [2.45, 2.75) is 207 Å². The minimum atomic E-state index is -2.66. The summed E-state index contributed by atoms with van der Waals surface area (Å²) in [5.41, 5.74) is 21.6. The zero-order chi connectivity index (χ0) is 105. The summed E-state index contributed by atoms with van der Waals surface area (Å²) in [6.45, 7) is 28.8. The second-order valence-corrected chi connectivity index (χ2v) is 36.0. The van der Waals surface area contributed by atoms with Gasteiger partial charge in [-0.05, 0) is 246 Å². The number of furan rings is 5.